The van der Waals surface area contributed by atoms with Crippen LogP contribution in [0.2, 0.25) is 0 Å². The molecule has 0 unspecified atom stereocenters. The maximum atomic E-state index is 14.5. The van der Waals surface area contributed by atoms with Gasteiger partial charge in [0.15, 0.2) is 0 Å². The number of hydrogen-bond acceptors (Lipinski definition) is 11. The molecule has 0 bridgehead atoms. The summed E-state index contributed by atoms with van der Waals surface area (Å²) >= 11 is 0. The zero-order valence-corrected chi connectivity index (χ0v) is 33.1. The van der Waals surface area contributed by atoms with Crippen molar-refractivity contribution in [3.8, 4) is 11.6 Å². The lowest BCUT2D eigenvalue weighted by Gasteiger charge is -2.32. The maximum absolute atomic E-state index is 14.5. The van der Waals surface area contributed by atoms with Crippen LogP contribution in [0.4, 0.5) is 10.5 Å². The SMILES string of the molecule is COc1ccc2c(O[C@@H]3C[C@H]4C(=O)N[C@]5(C(=O)NS(=O)(=O)C6(C)CC6)C[C@H]5/C=C\CC[C@@H](C)C[C@@H](C)[C@H](NC(=O)O)C(=O)N4C3)ncc(N3CCOCC3)c2c1. The second-order valence-corrected chi connectivity index (χ2v) is 18.5. The third kappa shape index (κ3) is 7.84. The molecule has 5 aliphatic rings. The summed E-state index contributed by atoms with van der Waals surface area (Å²) in [6.07, 6.45) is 6.34. The molecule has 7 atom stereocenters. The van der Waals surface area contributed by atoms with Gasteiger partial charge in [-0.2, -0.15) is 0 Å². The smallest absolute Gasteiger partial charge is 0.405 e. The summed E-state index contributed by atoms with van der Waals surface area (Å²) in [6, 6.07) is 3.21. The van der Waals surface area contributed by atoms with Crippen LogP contribution in [0.25, 0.3) is 10.8 Å². The minimum absolute atomic E-state index is 0.00126. The van der Waals surface area contributed by atoms with Gasteiger partial charge in [0.25, 0.3) is 5.91 Å². The van der Waals surface area contributed by atoms with E-state index in [1.807, 2.05) is 38.1 Å². The van der Waals surface area contributed by atoms with E-state index in [4.69, 9.17) is 19.2 Å². The number of nitrogens with zero attached hydrogens (tertiary/aromatic N) is 3. The number of methoxy groups -OCH3 is 1. The highest BCUT2D eigenvalue weighted by molar-refractivity contribution is 7.91. The van der Waals surface area contributed by atoms with Crippen LogP contribution >= 0.6 is 0 Å². The van der Waals surface area contributed by atoms with Crippen LogP contribution in [0.5, 0.6) is 11.6 Å². The summed E-state index contributed by atoms with van der Waals surface area (Å²) < 4.78 is 45.2. The van der Waals surface area contributed by atoms with Gasteiger partial charge in [0.2, 0.25) is 27.7 Å². The number of hydrogen-bond donors (Lipinski definition) is 4. The van der Waals surface area contributed by atoms with Crippen LogP contribution < -0.4 is 29.7 Å². The van der Waals surface area contributed by atoms with E-state index in [1.165, 1.54) is 4.90 Å². The highest BCUT2D eigenvalue weighted by atomic mass is 32.2. The number of benzene rings is 1. The monoisotopic (exact) mass is 796 g/mol. The Hall–Kier alpha value is -4.64. The fraction of sp³-hybridized carbons (Fsp3) is 0.615. The van der Waals surface area contributed by atoms with Crippen molar-refractivity contribution >= 4 is 50.3 Å². The van der Waals surface area contributed by atoms with E-state index in [0.29, 0.717) is 63.1 Å². The zero-order chi connectivity index (χ0) is 40.0. The van der Waals surface area contributed by atoms with Gasteiger partial charge < -0.3 is 39.8 Å². The number of anilines is 1. The van der Waals surface area contributed by atoms with Gasteiger partial charge in [-0.15, -0.1) is 0 Å². The summed E-state index contributed by atoms with van der Waals surface area (Å²) in [5.74, 6) is -1.92. The average molecular weight is 797 g/mol. The van der Waals surface area contributed by atoms with E-state index in [9.17, 15) is 32.7 Å². The number of pyridine rings is 1. The summed E-state index contributed by atoms with van der Waals surface area (Å²) in [5.41, 5.74) is -0.674. The van der Waals surface area contributed by atoms with Gasteiger partial charge in [-0.3, -0.25) is 19.1 Å². The van der Waals surface area contributed by atoms with E-state index in [1.54, 1.807) is 26.3 Å². The fourth-order valence-corrected chi connectivity index (χ4v) is 9.66. The third-order valence-corrected chi connectivity index (χ3v) is 14.4. The summed E-state index contributed by atoms with van der Waals surface area (Å²) in [6.45, 7) is 7.86. The molecule has 7 rings (SSSR count). The Balaban J connectivity index is 1.22. The minimum atomic E-state index is -4.01. The molecule has 2 saturated carbocycles. The molecule has 2 saturated heterocycles. The van der Waals surface area contributed by atoms with Crippen LogP contribution in [-0.4, -0.2) is 116 Å². The number of morpholine rings is 1. The average Bonchev–Trinajstić information content (AvgIpc) is 4.05. The molecule has 17 heteroatoms. The second kappa shape index (κ2) is 15.4. The zero-order valence-electron chi connectivity index (χ0n) is 32.3. The van der Waals surface area contributed by atoms with Crippen molar-refractivity contribution in [3.05, 3.63) is 36.5 Å². The molecular weight excluding hydrogens is 745 g/mol. The van der Waals surface area contributed by atoms with Gasteiger partial charge in [0, 0.05) is 36.2 Å². The van der Waals surface area contributed by atoms with Crippen molar-refractivity contribution in [1.29, 1.82) is 0 Å². The predicted octanol–water partition coefficient (Wildman–Crippen LogP) is 2.95. The van der Waals surface area contributed by atoms with E-state index < -0.39 is 74.1 Å². The number of carboxylic acid groups (broad SMARTS) is 1. The second-order valence-electron chi connectivity index (χ2n) is 16.3. The number of carbonyl (C=O) groups is 4. The topological polar surface area (TPSA) is 206 Å². The Labute approximate surface area is 326 Å². The number of nitrogens with one attached hydrogen (secondary N) is 3. The van der Waals surface area contributed by atoms with Gasteiger partial charge in [0.1, 0.15) is 29.5 Å². The standard InChI is InChI=1S/C39H52N6O10S/c1-23-7-5-6-8-25-20-39(25,36(48)43-56(51,52)38(3)11-12-38)42-33(46)30-19-27(22-45(30)35(47)32(24(2)17-23)41-37(49)50)55-34-28-10-9-26(53-4)18-29(28)31(21-40-34)44-13-15-54-16-14-44/h6,8-10,18,21,23-25,27,30,32,41H,5,7,11-17,19-20,22H2,1-4H3,(H,42,46)(H,43,48)(H,49,50)/b8-6-/t23-,24-,25-,27-,30+,32+,39-/m1/s1. The normalized spacial score (nSPS) is 31.1. The van der Waals surface area contributed by atoms with Gasteiger partial charge in [-0.25, -0.2) is 18.2 Å². The summed E-state index contributed by atoms with van der Waals surface area (Å²) in [7, 11) is -2.43. The number of fused-ring (bicyclic) bond motifs is 3. The number of ether oxygens (including phenoxy) is 3. The molecule has 1 aromatic carbocycles. The Morgan fingerprint density at radius 2 is 1.86 bits per heavy atom. The van der Waals surface area contributed by atoms with E-state index in [2.05, 4.69) is 20.3 Å². The first-order valence-corrected chi connectivity index (χ1v) is 20.9. The number of amides is 4. The van der Waals surface area contributed by atoms with Crippen molar-refractivity contribution in [2.24, 2.45) is 17.8 Å². The molecule has 3 aliphatic heterocycles. The van der Waals surface area contributed by atoms with Crippen molar-refractivity contribution in [2.45, 2.75) is 94.2 Å². The summed E-state index contributed by atoms with van der Waals surface area (Å²) in [5, 5.41) is 16.7. The highest BCUT2D eigenvalue weighted by Crippen LogP contribution is 2.48. The van der Waals surface area contributed by atoms with E-state index in [-0.39, 0.29) is 31.2 Å². The quantitative estimate of drug-likeness (QED) is 0.285. The van der Waals surface area contributed by atoms with Crippen molar-refractivity contribution < 1.29 is 46.9 Å². The Kier molecular flexibility index (Phi) is 10.9. The molecule has 4 N–H and O–H groups in total. The lowest BCUT2D eigenvalue weighted by molar-refractivity contribution is -0.142. The van der Waals surface area contributed by atoms with Crippen LogP contribution in [-0.2, 0) is 29.1 Å². The molecule has 16 nitrogen and oxygen atoms in total. The number of carbonyl (C=O) groups excluding carboxylic acids is 3. The number of rotatable bonds is 8. The Morgan fingerprint density at radius 1 is 1.11 bits per heavy atom. The largest absolute Gasteiger partial charge is 0.497 e. The number of allylic oxidation sites excluding steroid dienone is 1. The third-order valence-electron chi connectivity index (χ3n) is 12.2. The highest BCUT2D eigenvalue weighted by Gasteiger charge is 2.63. The first kappa shape index (κ1) is 39.6. The summed E-state index contributed by atoms with van der Waals surface area (Å²) in [4.78, 5) is 63.2. The molecule has 1 aromatic heterocycles. The first-order valence-electron chi connectivity index (χ1n) is 19.5. The molecule has 0 spiro atoms. The van der Waals surface area contributed by atoms with E-state index >= 15 is 0 Å². The van der Waals surface area contributed by atoms with Crippen molar-refractivity contribution in [3.63, 3.8) is 0 Å². The van der Waals surface area contributed by atoms with Gasteiger partial charge in [-0.1, -0.05) is 26.0 Å². The number of aromatic nitrogens is 1. The van der Waals surface area contributed by atoms with Crippen molar-refractivity contribution in [1.82, 2.24) is 25.2 Å². The van der Waals surface area contributed by atoms with Crippen LogP contribution in [0, 0.1) is 17.8 Å². The van der Waals surface area contributed by atoms with Gasteiger partial charge in [-0.05, 0) is 75.5 Å². The Morgan fingerprint density at radius 3 is 2.55 bits per heavy atom. The van der Waals surface area contributed by atoms with Crippen LogP contribution in [0.1, 0.15) is 65.7 Å². The molecule has 4 fully saturated rings. The number of sulfonamides is 1. The first-order chi connectivity index (χ1) is 26.6. The lowest BCUT2D eigenvalue weighted by atomic mass is 9.88. The van der Waals surface area contributed by atoms with Crippen LogP contribution in [0.3, 0.4) is 0 Å². The molecule has 0 radical (unpaired) electrons. The molecule has 4 amide bonds. The van der Waals surface area contributed by atoms with Crippen LogP contribution in [0.15, 0.2) is 36.5 Å². The minimum Gasteiger partial charge on any atom is -0.497 e. The van der Waals surface area contributed by atoms with E-state index in [0.717, 1.165) is 17.5 Å². The molecular formula is C39H52N6O10S. The maximum Gasteiger partial charge on any atom is 0.405 e. The molecule has 4 heterocycles. The predicted molar refractivity (Wildman–Crippen MR) is 206 cm³/mol. The van der Waals surface area contributed by atoms with Crippen molar-refractivity contribution in [2.75, 3.05) is 44.9 Å². The van der Waals surface area contributed by atoms with Gasteiger partial charge >= 0.3 is 6.09 Å². The lowest BCUT2D eigenvalue weighted by Crippen LogP contribution is -2.59. The molecule has 2 aromatic rings. The fourth-order valence-electron chi connectivity index (χ4n) is 8.35. The Bertz CT molecular complexity index is 2020. The molecule has 56 heavy (non-hydrogen) atoms. The molecule has 304 valence electrons. The van der Waals surface area contributed by atoms with Gasteiger partial charge in [0.05, 0.1) is 43.5 Å². The molecule has 2 aliphatic carbocycles.